The van der Waals surface area contributed by atoms with E-state index in [-0.39, 0.29) is 11.9 Å². The Kier molecular flexibility index (Phi) is 5.85. The molecule has 3 heterocycles. The van der Waals surface area contributed by atoms with E-state index in [0.29, 0.717) is 18.2 Å². The van der Waals surface area contributed by atoms with Gasteiger partial charge in [-0.3, -0.25) is 9.78 Å². The summed E-state index contributed by atoms with van der Waals surface area (Å²) < 4.78 is 5.97. The molecule has 0 aliphatic heterocycles. The number of anilines is 1. The van der Waals surface area contributed by atoms with Gasteiger partial charge in [0.2, 0.25) is 5.95 Å². The van der Waals surface area contributed by atoms with Crippen molar-refractivity contribution < 1.29 is 9.53 Å². The van der Waals surface area contributed by atoms with Crippen LogP contribution in [0.25, 0.3) is 10.2 Å². The highest BCUT2D eigenvalue weighted by atomic mass is 32.1. The molecule has 3 aromatic heterocycles. The first kappa shape index (κ1) is 19.8. The summed E-state index contributed by atoms with van der Waals surface area (Å²) in [5, 5.41) is 8.10. The molecular formula is C22H21N5O2S. The Morgan fingerprint density at radius 1 is 1.13 bits per heavy atom. The minimum atomic E-state index is -0.254. The van der Waals surface area contributed by atoms with Gasteiger partial charge >= 0.3 is 0 Å². The molecule has 0 aliphatic rings. The number of amides is 1. The van der Waals surface area contributed by atoms with E-state index in [9.17, 15) is 4.79 Å². The number of nitrogens with one attached hydrogen (secondary N) is 2. The van der Waals surface area contributed by atoms with Crippen molar-refractivity contribution in [3.05, 3.63) is 77.1 Å². The third kappa shape index (κ3) is 4.38. The maximum atomic E-state index is 12.8. The average molecular weight is 420 g/mol. The number of ether oxygens (including phenoxy) is 1. The first-order valence-electron chi connectivity index (χ1n) is 9.48. The molecule has 7 nitrogen and oxygen atoms in total. The fourth-order valence-electron chi connectivity index (χ4n) is 3.01. The van der Waals surface area contributed by atoms with Crippen molar-refractivity contribution in [1.82, 2.24) is 20.3 Å². The molecule has 1 aromatic carbocycles. The molecule has 0 spiro atoms. The third-order valence-corrected chi connectivity index (χ3v) is 5.55. The van der Waals surface area contributed by atoms with E-state index in [0.717, 1.165) is 27.2 Å². The van der Waals surface area contributed by atoms with Crippen LogP contribution in [0.4, 0.5) is 5.95 Å². The first-order valence-corrected chi connectivity index (χ1v) is 10.4. The predicted octanol–water partition coefficient (Wildman–Crippen LogP) is 4.20. The van der Waals surface area contributed by atoms with E-state index in [2.05, 4.69) is 25.6 Å². The third-order valence-electron chi connectivity index (χ3n) is 4.64. The lowest BCUT2D eigenvalue weighted by atomic mass is 10.1. The number of carbonyl (C=O) groups excluding carboxylic acids is 1. The fourth-order valence-corrected chi connectivity index (χ4v) is 3.83. The molecule has 0 aliphatic carbocycles. The summed E-state index contributed by atoms with van der Waals surface area (Å²) in [6.45, 7) is 2.35. The molecule has 1 atom stereocenters. The van der Waals surface area contributed by atoms with E-state index in [1.54, 1.807) is 13.3 Å². The van der Waals surface area contributed by atoms with Crippen LogP contribution in [0, 0.1) is 0 Å². The normalized spacial score (nSPS) is 11.8. The number of methoxy groups -OCH3 is 1. The van der Waals surface area contributed by atoms with Crippen LogP contribution < -0.4 is 15.4 Å². The highest BCUT2D eigenvalue weighted by molar-refractivity contribution is 7.17. The first-order chi connectivity index (χ1) is 14.6. The summed E-state index contributed by atoms with van der Waals surface area (Å²) in [6, 6.07) is 15.2. The van der Waals surface area contributed by atoms with E-state index in [1.165, 1.54) is 11.3 Å². The van der Waals surface area contributed by atoms with Crippen molar-refractivity contribution in [1.29, 1.82) is 0 Å². The summed E-state index contributed by atoms with van der Waals surface area (Å²) in [7, 11) is 1.64. The molecule has 0 radical (unpaired) electrons. The summed E-state index contributed by atoms with van der Waals surface area (Å²) >= 11 is 1.45. The lowest BCUT2D eigenvalue weighted by Gasteiger charge is -2.15. The monoisotopic (exact) mass is 419 g/mol. The number of benzene rings is 1. The van der Waals surface area contributed by atoms with Gasteiger partial charge in [0, 0.05) is 6.20 Å². The standard InChI is InChI=1S/C22H21N5O2S/c1-14(15-6-8-17(29-2)9-7-15)25-22-26-18-10-12-30-20(18)19(27-22)21(28)24-13-16-5-3-4-11-23-16/h3-12,14H,13H2,1-2H3,(H,24,28)(H,25,26,27)/t14-/m0/s1. The van der Waals surface area contributed by atoms with Crippen LogP contribution in [0.5, 0.6) is 5.75 Å². The fraction of sp³-hybridized carbons (Fsp3) is 0.182. The Hall–Kier alpha value is -3.52. The molecule has 4 aromatic rings. The molecule has 0 unspecified atom stereocenters. The molecule has 0 saturated carbocycles. The van der Waals surface area contributed by atoms with Gasteiger partial charge in [0.1, 0.15) is 5.75 Å². The van der Waals surface area contributed by atoms with E-state index >= 15 is 0 Å². The van der Waals surface area contributed by atoms with Crippen LogP contribution in [0.3, 0.4) is 0 Å². The number of fused-ring (bicyclic) bond motifs is 1. The number of nitrogens with zero attached hydrogens (tertiary/aromatic N) is 3. The van der Waals surface area contributed by atoms with Crippen LogP contribution >= 0.6 is 11.3 Å². The minimum Gasteiger partial charge on any atom is -0.497 e. The SMILES string of the molecule is COc1ccc([C@H](C)Nc2nc(C(=O)NCc3ccccn3)c3sccc3n2)cc1. The Labute approximate surface area is 178 Å². The zero-order valence-corrected chi connectivity index (χ0v) is 17.4. The molecule has 0 saturated heterocycles. The van der Waals surface area contributed by atoms with Crippen LogP contribution in [0.1, 0.15) is 34.7 Å². The Balaban J connectivity index is 1.55. The molecule has 30 heavy (non-hydrogen) atoms. The molecular weight excluding hydrogens is 398 g/mol. The quantitative estimate of drug-likeness (QED) is 0.467. The molecule has 4 rings (SSSR count). The molecule has 1 amide bonds. The van der Waals surface area contributed by atoms with Crippen molar-refractivity contribution in [2.45, 2.75) is 19.5 Å². The van der Waals surface area contributed by atoms with E-state index in [4.69, 9.17) is 4.74 Å². The van der Waals surface area contributed by atoms with Gasteiger partial charge in [-0.05, 0) is 48.2 Å². The van der Waals surface area contributed by atoms with Gasteiger partial charge in [0.15, 0.2) is 5.69 Å². The number of hydrogen-bond donors (Lipinski definition) is 2. The number of rotatable bonds is 7. The Morgan fingerprint density at radius 3 is 2.70 bits per heavy atom. The van der Waals surface area contributed by atoms with Crippen molar-refractivity contribution in [2.24, 2.45) is 0 Å². The summed E-state index contributed by atoms with van der Waals surface area (Å²) in [5.41, 5.74) is 2.94. The van der Waals surface area contributed by atoms with Gasteiger partial charge in [-0.1, -0.05) is 18.2 Å². The zero-order chi connectivity index (χ0) is 20.9. The lowest BCUT2D eigenvalue weighted by molar-refractivity contribution is 0.0947. The van der Waals surface area contributed by atoms with Gasteiger partial charge < -0.3 is 15.4 Å². The van der Waals surface area contributed by atoms with Crippen LogP contribution in [0.2, 0.25) is 0 Å². The second-order valence-electron chi connectivity index (χ2n) is 6.67. The van der Waals surface area contributed by atoms with Gasteiger partial charge in [-0.2, -0.15) is 0 Å². The Bertz CT molecular complexity index is 1150. The van der Waals surface area contributed by atoms with Gasteiger partial charge in [-0.25, -0.2) is 9.97 Å². The number of pyridine rings is 1. The number of thiophene rings is 1. The van der Waals surface area contributed by atoms with Crippen molar-refractivity contribution in [2.75, 3.05) is 12.4 Å². The molecule has 8 heteroatoms. The van der Waals surface area contributed by atoms with Gasteiger partial charge in [0.05, 0.1) is 35.6 Å². The highest BCUT2D eigenvalue weighted by Gasteiger charge is 2.17. The molecule has 2 N–H and O–H groups in total. The summed E-state index contributed by atoms with van der Waals surface area (Å²) in [5.74, 6) is 0.955. The van der Waals surface area contributed by atoms with Crippen LogP contribution in [-0.2, 0) is 6.54 Å². The molecule has 0 fully saturated rings. The Morgan fingerprint density at radius 2 is 1.97 bits per heavy atom. The van der Waals surface area contributed by atoms with Gasteiger partial charge in [0.25, 0.3) is 5.91 Å². The smallest absolute Gasteiger partial charge is 0.271 e. The summed E-state index contributed by atoms with van der Waals surface area (Å²) in [6.07, 6.45) is 1.70. The number of carbonyl (C=O) groups is 1. The second kappa shape index (κ2) is 8.87. The average Bonchev–Trinajstić information content (AvgIpc) is 3.26. The largest absolute Gasteiger partial charge is 0.497 e. The van der Waals surface area contributed by atoms with E-state index < -0.39 is 0 Å². The van der Waals surface area contributed by atoms with Crippen LogP contribution in [0.15, 0.2) is 60.1 Å². The van der Waals surface area contributed by atoms with E-state index in [1.807, 2.05) is 60.8 Å². The zero-order valence-electron chi connectivity index (χ0n) is 16.6. The highest BCUT2D eigenvalue weighted by Crippen LogP contribution is 2.26. The second-order valence-corrected chi connectivity index (χ2v) is 7.59. The number of hydrogen-bond acceptors (Lipinski definition) is 7. The maximum Gasteiger partial charge on any atom is 0.271 e. The predicted molar refractivity (Wildman–Crippen MR) is 118 cm³/mol. The maximum absolute atomic E-state index is 12.8. The summed E-state index contributed by atoms with van der Waals surface area (Å²) in [4.78, 5) is 26.2. The minimum absolute atomic E-state index is 0.0450. The number of aromatic nitrogens is 3. The van der Waals surface area contributed by atoms with Crippen molar-refractivity contribution in [3.63, 3.8) is 0 Å². The van der Waals surface area contributed by atoms with Crippen LogP contribution in [-0.4, -0.2) is 28.0 Å². The topological polar surface area (TPSA) is 89.0 Å². The molecule has 0 bridgehead atoms. The van der Waals surface area contributed by atoms with Gasteiger partial charge in [-0.15, -0.1) is 11.3 Å². The molecule has 152 valence electrons. The van der Waals surface area contributed by atoms with Crippen molar-refractivity contribution >= 4 is 33.4 Å². The lowest BCUT2D eigenvalue weighted by Crippen LogP contribution is -2.25. The van der Waals surface area contributed by atoms with Crippen molar-refractivity contribution in [3.8, 4) is 5.75 Å².